The maximum Gasteiger partial charge on any atom is 0.511 e. The van der Waals surface area contributed by atoms with Crippen LogP contribution in [-0.2, 0) is 6.42 Å². The molecule has 0 fully saturated rings. The van der Waals surface area contributed by atoms with Gasteiger partial charge in [-0.25, -0.2) is 4.79 Å². The van der Waals surface area contributed by atoms with Gasteiger partial charge in [0.05, 0.1) is 4.92 Å². The lowest BCUT2D eigenvalue weighted by Crippen LogP contribution is -2.50. The van der Waals surface area contributed by atoms with Crippen LogP contribution < -0.4 is 9.47 Å². The van der Waals surface area contributed by atoms with Gasteiger partial charge in [-0.15, -0.1) is 0 Å². The van der Waals surface area contributed by atoms with Crippen molar-refractivity contribution in [1.29, 1.82) is 0 Å². The number of hydrogen-bond donors (Lipinski definition) is 1. The molecule has 2 rings (SSSR count). The van der Waals surface area contributed by atoms with Crippen molar-refractivity contribution in [2.45, 2.75) is 86.7 Å². The summed E-state index contributed by atoms with van der Waals surface area (Å²) in [5.41, 5.74) is 3.13. The number of nitrogens with zero attached hydrogens (tertiary/aromatic N) is 1. The van der Waals surface area contributed by atoms with Crippen LogP contribution in [0.5, 0.6) is 11.5 Å². The number of nitro groups is 1. The van der Waals surface area contributed by atoms with Crippen molar-refractivity contribution in [3.63, 3.8) is 0 Å². The average Bonchev–Trinajstić information content (AvgIpc) is 2.65. The molecule has 172 valence electrons. The van der Waals surface area contributed by atoms with Crippen LogP contribution in [0, 0.1) is 42.2 Å². The highest BCUT2D eigenvalue weighted by atomic mass is 16.7. The molecule has 0 radical (unpaired) electrons. The van der Waals surface area contributed by atoms with Gasteiger partial charge in [0.25, 0.3) is 0 Å². The number of allylic oxidation sites excluding steroid dienone is 2. The molecule has 0 spiro atoms. The Labute approximate surface area is 184 Å². The predicted octanol–water partition coefficient (Wildman–Crippen LogP) is 6.38. The van der Waals surface area contributed by atoms with E-state index in [1.54, 1.807) is 6.08 Å². The van der Waals surface area contributed by atoms with E-state index in [0.29, 0.717) is 12.2 Å². The molecule has 0 saturated heterocycles. The zero-order valence-electron chi connectivity index (χ0n) is 19.9. The van der Waals surface area contributed by atoms with E-state index >= 15 is 0 Å². The molecule has 1 aromatic rings. The van der Waals surface area contributed by atoms with Gasteiger partial charge < -0.3 is 14.6 Å². The Morgan fingerprint density at radius 3 is 2.42 bits per heavy atom. The summed E-state index contributed by atoms with van der Waals surface area (Å²) in [5, 5.41) is 20.0. The smallest absolute Gasteiger partial charge is 0.487 e. The SMILES string of the molecule is CC(=CCCCC1(C)Oc2c(C)c(C)c(OC(=O)O)c(C)c2CC1C(C)(C)C)[N+](=O)[O-]. The molecule has 0 saturated carbocycles. The van der Waals surface area contributed by atoms with Gasteiger partial charge in [-0.05, 0) is 81.6 Å². The van der Waals surface area contributed by atoms with Gasteiger partial charge in [0.15, 0.2) is 0 Å². The van der Waals surface area contributed by atoms with Crippen LogP contribution in [0.15, 0.2) is 11.8 Å². The van der Waals surface area contributed by atoms with E-state index in [2.05, 4.69) is 27.7 Å². The Hall–Kier alpha value is -2.57. The maximum absolute atomic E-state index is 11.2. The van der Waals surface area contributed by atoms with E-state index in [9.17, 15) is 14.9 Å². The van der Waals surface area contributed by atoms with Crippen molar-refractivity contribution < 1.29 is 24.3 Å². The first-order chi connectivity index (χ1) is 14.2. The molecule has 0 aromatic heterocycles. The molecule has 0 aliphatic carbocycles. The van der Waals surface area contributed by atoms with Gasteiger partial charge in [0.2, 0.25) is 5.70 Å². The standard InChI is InChI=1S/C24H35NO6/c1-14(25(28)29)11-9-10-12-24(8)19(23(5,6)7)13-18-17(4)20(30-22(26)27)15(2)16(3)21(18)31-24/h11,19H,9-10,12-13H2,1-8H3,(H,26,27). The van der Waals surface area contributed by atoms with Gasteiger partial charge in [-0.1, -0.05) is 20.8 Å². The summed E-state index contributed by atoms with van der Waals surface area (Å²) < 4.78 is 11.8. The van der Waals surface area contributed by atoms with Crippen LogP contribution in [-0.4, -0.2) is 21.8 Å². The molecule has 7 heteroatoms. The third-order valence-electron chi connectivity index (χ3n) is 6.63. The number of fused-ring (bicyclic) bond motifs is 1. The maximum atomic E-state index is 11.2. The second kappa shape index (κ2) is 8.89. The van der Waals surface area contributed by atoms with E-state index < -0.39 is 11.8 Å². The van der Waals surface area contributed by atoms with E-state index in [0.717, 1.165) is 47.3 Å². The molecule has 0 amide bonds. The highest BCUT2D eigenvalue weighted by Gasteiger charge is 2.47. The lowest BCUT2D eigenvalue weighted by molar-refractivity contribution is -0.424. The lowest BCUT2D eigenvalue weighted by Gasteiger charge is -2.49. The molecule has 1 aromatic carbocycles. The quantitative estimate of drug-likeness (QED) is 0.184. The number of carbonyl (C=O) groups is 1. The summed E-state index contributed by atoms with van der Waals surface area (Å²) in [7, 11) is 0. The largest absolute Gasteiger partial charge is 0.511 e. The molecule has 7 nitrogen and oxygen atoms in total. The molecule has 1 heterocycles. The number of rotatable bonds is 6. The Balaban J connectivity index is 2.45. The number of carboxylic acid groups (broad SMARTS) is 1. The molecule has 31 heavy (non-hydrogen) atoms. The summed E-state index contributed by atoms with van der Waals surface area (Å²) in [6.07, 6.45) is 3.26. The molecule has 0 bridgehead atoms. The lowest BCUT2D eigenvalue weighted by atomic mass is 9.65. The summed E-state index contributed by atoms with van der Waals surface area (Å²) in [5.74, 6) is 1.38. The first-order valence-electron chi connectivity index (χ1n) is 10.7. The number of unbranched alkanes of at least 4 members (excludes halogenated alkanes) is 1. The van der Waals surface area contributed by atoms with Crippen LogP contribution in [0.4, 0.5) is 4.79 Å². The second-order valence-corrected chi connectivity index (χ2v) is 9.91. The Morgan fingerprint density at radius 1 is 1.29 bits per heavy atom. The summed E-state index contributed by atoms with van der Waals surface area (Å²) in [6.45, 7) is 15.9. The minimum Gasteiger partial charge on any atom is -0.487 e. The molecule has 2 atom stereocenters. The minimum atomic E-state index is -1.32. The Kier molecular flexibility index (Phi) is 7.08. The second-order valence-electron chi connectivity index (χ2n) is 9.91. The molecule has 1 N–H and O–H groups in total. The van der Waals surface area contributed by atoms with Crippen molar-refractivity contribution in [3.05, 3.63) is 44.1 Å². The van der Waals surface area contributed by atoms with Gasteiger partial charge in [0.1, 0.15) is 17.1 Å². The fourth-order valence-corrected chi connectivity index (χ4v) is 4.79. The van der Waals surface area contributed by atoms with Crippen LogP contribution >= 0.6 is 0 Å². The van der Waals surface area contributed by atoms with Crippen LogP contribution in [0.1, 0.15) is 76.1 Å². The van der Waals surface area contributed by atoms with Crippen LogP contribution in [0.25, 0.3) is 0 Å². The van der Waals surface area contributed by atoms with Crippen LogP contribution in [0.2, 0.25) is 0 Å². The van der Waals surface area contributed by atoms with E-state index in [1.807, 2.05) is 20.8 Å². The normalized spacial score (nSPS) is 21.3. The van der Waals surface area contributed by atoms with Crippen molar-refractivity contribution >= 4 is 6.16 Å². The Bertz CT molecular complexity index is 912. The van der Waals surface area contributed by atoms with E-state index in [1.165, 1.54) is 6.92 Å². The van der Waals surface area contributed by atoms with Gasteiger partial charge in [-0.3, -0.25) is 10.1 Å². The average molecular weight is 434 g/mol. The summed E-state index contributed by atoms with van der Waals surface area (Å²) in [4.78, 5) is 21.7. The third-order valence-corrected chi connectivity index (χ3v) is 6.63. The first kappa shape index (κ1) is 24.7. The van der Waals surface area contributed by atoms with E-state index in [4.69, 9.17) is 14.6 Å². The predicted molar refractivity (Wildman–Crippen MR) is 120 cm³/mol. The number of hydrogen-bond acceptors (Lipinski definition) is 5. The zero-order valence-corrected chi connectivity index (χ0v) is 19.9. The van der Waals surface area contributed by atoms with Crippen molar-refractivity contribution in [3.8, 4) is 11.5 Å². The summed E-state index contributed by atoms with van der Waals surface area (Å²) in [6, 6.07) is 0. The molecule has 2 unspecified atom stereocenters. The molecule has 1 aliphatic rings. The highest BCUT2D eigenvalue weighted by molar-refractivity contribution is 5.67. The molecule has 1 aliphatic heterocycles. The molecular formula is C24H35NO6. The summed E-state index contributed by atoms with van der Waals surface area (Å²) >= 11 is 0. The van der Waals surface area contributed by atoms with Crippen molar-refractivity contribution in [2.75, 3.05) is 0 Å². The van der Waals surface area contributed by atoms with Gasteiger partial charge in [0, 0.05) is 18.4 Å². The minimum absolute atomic E-state index is 0.0575. The fraction of sp³-hybridized carbons (Fsp3) is 0.625. The number of benzene rings is 1. The van der Waals surface area contributed by atoms with Crippen molar-refractivity contribution in [2.24, 2.45) is 11.3 Å². The van der Waals surface area contributed by atoms with Crippen LogP contribution in [0.3, 0.4) is 0 Å². The molecular weight excluding hydrogens is 398 g/mol. The van der Waals surface area contributed by atoms with Crippen molar-refractivity contribution in [1.82, 2.24) is 0 Å². The number of ether oxygens (including phenoxy) is 2. The topological polar surface area (TPSA) is 98.9 Å². The monoisotopic (exact) mass is 433 g/mol. The fourth-order valence-electron chi connectivity index (χ4n) is 4.79. The zero-order chi connectivity index (χ0) is 23.7. The third kappa shape index (κ3) is 5.20. The van der Waals surface area contributed by atoms with Gasteiger partial charge in [-0.2, -0.15) is 0 Å². The van der Waals surface area contributed by atoms with E-state index in [-0.39, 0.29) is 22.0 Å². The Morgan fingerprint density at radius 2 is 1.90 bits per heavy atom. The van der Waals surface area contributed by atoms with Gasteiger partial charge >= 0.3 is 6.16 Å². The first-order valence-corrected chi connectivity index (χ1v) is 10.7. The highest BCUT2D eigenvalue weighted by Crippen LogP contribution is 2.51.